The van der Waals surface area contributed by atoms with Crippen LogP contribution in [-0.2, 0) is 9.59 Å². The summed E-state index contributed by atoms with van der Waals surface area (Å²) >= 11 is 0. The van der Waals surface area contributed by atoms with Crippen LogP contribution in [0.25, 0.3) is 0 Å². The molecule has 0 spiro atoms. The molecular weight excluding hydrogens is 384 g/mol. The van der Waals surface area contributed by atoms with Gasteiger partial charge in [0, 0.05) is 12.1 Å². The van der Waals surface area contributed by atoms with Crippen LogP contribution in [0.4, 0.5) is 5.69 Å². The Balaban J connectivity index is 1.60. The van der Waals surface area contributed by atoms with Crippen LogP contribution in [0.15, 0.2) is 42.5 Å². The predicted molar refractivity (Wildman–Crippen MR) is 112 cm³/mol. The Labute approximate surface area is 176 Å². The standard InChI is InChI=1S/C23H26N2O5/c1-28-16-9-10-20(29-2)17(14-16)18-7-5-12-24(18)23(27)15-25-19-6-3-4-8-21(19)30-13-11-22(25)26/h3-4,6,8-10,14,18H,5,7,11-13,15H2,1-2H3/t18-/m0/s1. The van der Waals surface area contributed by atoms with E-state index in [0.29, 0.717) is 24.6 Å². The Morgan fingerprint density at radius 1 is 1.17 bits per heavy atom. The second kappa shape index (κ2) is 8.65. The van der Waals surface area contributed by atoms with Crippen LogP contribution in [-0.4, -0.2) is 50.6 Å². The topological polar surface area (TPSA) is 68.3 Å². The molecule has 0 saturated carbocycles. The fraction of sp³-hybridized carbons (Fsp3) is 0.391. The number of amides is 2. The predicted octanol–water partition coefficient (Wildman–Crippen LogP) is 3.18. The first-order valence-electron chi connectivity index (χ1n) is 10.2. The van der Waals surface area contributed by atoms with E-state index in [4.69, 9.17) is 14.2 Å². The van der Waals surface area contributed by atoms with Gasteiger partial charge in [0.05, 0.1) is 39.0 Å². The van der Waals surface area contributed by atoms with Crippen molar-refractivity contribution in [3.05, 3.63) is 48.0 Å². The van der Waals surface area contributed by atoms with E-state index in [2.05, 4.69) is 0 Å². The number of nitrogens with zero attached hydrogens (tertiary/aromatic N) is 2. The highest BCUT2D eigenvalue weighted by molar-refractivity contribution is 6.00. The Morgan fingerprint density at radius 3 is 2.80 bits per heavy atom. The molecule has 0 radical (unpaired) electrons. The minimum atomic E-state index is -0.115. The molecule has 158 valence electrons. The number of methoxy groups -OCH3 is 2. The number of benzene rings is 2. The monoisotopic (exact) mass is 410 g/mol. The fourth-order valence-corrected chi connectivity index (χ4v) is 4.21. The summed E-state index contributed by atoms with van der Waals surface area (Å²) in [5.41, 5.74) is 1.57. The zero-order valence-corrected chi connectivity index (χ0v) is 17.3. The van der Waals surface area contributed by atoms with Crippen molar-refractivity contribution in [1.29, 1.82) is 0 Å². The lowest BCUT2D eigenvalue weighted by molar-refractivity contribution is -0.132. The minimum absolute atomic E-state index is 0.0119. The average Bonchev–Trinajstić information content (AvgIpc) is 3.21. The summed E-state index contributed by atoms with van der Waals surface area (Å²) in [7, 11) is 3.24. The van der Waals surface area contributed by atoms with Crippen LogP contribution in [0.3, 0.4) is 0 Å². The van der Waals surface area contributed by atoms with Gasteiger partial charge in [-0.3, -0.25) is 14.5 Å². The van der Waals surface area contributed by atoms with Gasteiger partial charge >= 0.3 is 0 Å². The van der Waals surface area contributed by atoms with Gasteiger partial charge in [-0.1, -0.05) is 12.1 Å². The second-order valence-electron chi connectivity index (χ2n) is 7.40. The Morgan fingerprint density at radius 2 is 2.00 bits per heavy atom. The van der Waals surface area contributed by atoms with E-state index in [0.717, 1.165) is 29.9 Å². The molecule has 7 nitrogen and oxygen atoms in total. The first-order valence-corrected chi connectivity index (χ1v) is 10.2. The van der Waals surface area contributed by atoms with Crippen molar-refractivity contribution in [3.8, 4) is 17.2 Å². The maximum absolute atomic E-state index is 13.3. The van der Waals surface area contributed by atoms with E-state index in [1.54, 1.807) is 19.1 Å². The SMILES string of the molecule is COc1ccc(OC)c([C@@H]2CCCN2C(=O)CN2C(=O)CCOc3ccccc32)c1. The third kappa shape index (κ3) is 3.79. The molecule has 1 atom stereocenters. The molecule has 2 amide bonds. The average molecular weight is 410 g/mol. The summed E-state index contributed by atoms with van der Waals surface area (Å²) in [6.07, 6.45) is 1.97. The Kier molecular flexibility index (Phi) is 5.79. The van der Waals surface area contributed by atoms with Gasteiger partial charge in [-0.2, -0.15) is 0 Å². The first-order chi connectivity index (χ1) is 14.6. The molecular formula is C23H26N2O5. The fourth-order valence-electron chi connectivity index (χ4n) is 4.21. The third-order valence-corrected chi connectivity index (χ3v) is 5.69. The lowest BCUT2D eigenvalue weighted by atomic mass is 10.0. The summed E-state index contributed by atoms with van der Waals surface area (Å²) < 4.78 is 16.6. The number of fused-ring (bicyclic) bond motifs is 1. The smallest absolute Gasteiger partial charge is 0.243 e. The zero-order chi connectivity index (χ0) is 21.1. The van der Waals surface area contributed by atoms with Crippen LogP contribution in [0, 0.1) is 0 Å². The number of anilines is 1. The number of ether oxygens (including phenoxy) is 3. The molecule has 2 aromatic carbocycles. The highest BCUT2D eigenvalue weighted by Gasteiger charge is 2.34. The number of para-hydroxylation sites is 2. The maximum Gasteiger partial charge on any atom is 0.243 e. The van der Waals surface area contributed by atoms with E-state index in [1.807, 2.05) is 47.4 Å². The summed E-state index contributed by atoms with van der Waals surface area (Å²) in [6, 6.07) is 12.9. The molecule has 0 N–H and O–H groups in total. The van der Waals surface area contributed by atoms with Crippen LogP contribution in [0.5, 0.6) is 17.2 Å². The number of carbonyl (C=O) groups is 2. The number of hydrogen-bond donors (Lipinski definition) is 0. The highest BCUT2D eigenvalue weighted by Crippen LogP contribution is 2.39. The van der Waals surface area contributed by atoms with Crippen LogP contribution in [0.2, 0.25) is 0 Å². The molecule has 2 heterocycles. The van der Waals surface area contributed by atoms with Crippen molar-refractivity contribution in [2.45, 2.75) is 25.3 Å². The molecule has 2 aliphatic rings. The second-order valence-corrected chi connectivity index (χ2v) is 7.40. The summed E-state index contributed by atoms with van der Waals surface area (Å²) in [4.78, 5) is 29.4. The van der Waals surface area contributed by atoms with Crippen LogP contribution >= 0.6 is 0 Å². The lowest BCUT2D eigenvalue weighted by Gasteiger charge is -2.29. The third-order valence-electron chi connectivity index (χ3n) is 5.69. The Bertz CT molecular complexity index is 945. The van der Waals surface area contributed by atoms with E-state index in [9.17, 15) is 9.59 Å². The molecule has 2 aliphatic heterocycles. The van der Waals surface area contributed by atoms with Crippen molar-refractivity contribution in [2.24, 2.45) is 0 Å². The van der Waals surface area contributed by atoms with Gasteiger partial charge in [-0.15, -0.1) is 0 Å². The number of rotatable bonds is 5. The van der Waals surface area contributed by atoms with E-state index >= 15 is 0 Å². The minimum Gasteiger partial charge on any atom is -0.497 e. The molecule has 30 heavy (non-hydrogen) atoms. The molecule has 0 aliphatic carbocycles. The highest BCUT2D eigenvalue weighted by atomic mass is 16.5. The van der Waals surface area contributed by atoms with Gasteiger partial charge in [0.1, 0.15) is 23.8 Å². The van der Waals surface area contributed by atoms with Gasteiger partial charge in [0.15, 0.2) is 0 Å². The van der Waals surface area contributed by atoms with Gasteiger partial charge in [-0.25, -0.2) is 0 Å². The van der Waals surface area contributed by atoms with Crippen molar-refractivity contribution in [3.63, 3.8) is 0 Å². The van der Waals surface area contributed by atoms with E-state index in [-0.39, 0.29) is 30.8 Å². The molecule has 0 aromatic heterocycles. The molecule has 0 bridgehead atoms. The lowest BCUT2D eigenvalue weighted by Crippen LogP contribution is -2.42. The molecule has 1 saturated heterocycles. The van der Waals surface area contributed by atoms with Crippen molar-refractivity contribution >= 4 is 17.5 Å². The number of carbonyl (C=O) groups excluding carboxylic acids is 2. The maximum atomic E-state index is 13.3. The van der Waals surface area contributed by atoms with E-state index in [1.165, 1.54) is 0 Å². The summed E-state index contributed by atoms with van der Waals surface area (Å²) in [6.45, 7) is 0.944. The molecule has 4 rings (SSSR count). The molecule has 2 aromatic rings. The quantitative estimate of drug-likeness (QED) is 0.757. The zero-order valence-electron chi connectivity index (χ0n) is 17.3. The Hall–Kier alpha value is -3.22. The number of likely N-dealkylation sites (tertiary alicyclic amines) is 1. The molecule has 0 unspecified atom stereocenters. The van der Waals surface area contributed by atoms with Crippen molar-refractivity contribution in [1.82, 2.24) is 4.90 Å². The molecule has 7 heteroatoms. The largest absolute Gasteiger partial charge is 0.497 e. The van der Waals surface area contributed by atoms with Crippen LogP contribution in [0.1, 0.15) is 30.9 Å². The van der Waals surface area contributed by atoms with Gasteiger partial charge in [0.2, 0.25) is 11.8 Å². The molecule has 1 fully saturated rings. The van der Waals surface area contributed by atoms with Gasteiger partial charge in [-0.05, 0) is 43.2 Å². The van der Waals surface area contributed by atoms with E-state index < -0.39 is 0 Å². The van der Waals surface area contributed by atoms with Gasteiger partial charge in [0.25, 0.3) is 0 Å². The van der Waals surface area contributed by atoms with Crippen molar-refractivity contribution < 1.29 is 23.8 Å². The number of hydrogen-bond acceptors (Lipinski definition) is 5. The summed E-state index contributed by atoms with van der Waals surface area (Å²) in [5.74, 6) is 1.88. The van der Waals surface area contributed by atoms with Crippen LogP contribution < -0.4 is 19.1 Å². The van der Waals surface area contributed by atoms with Gasteiger partial charge < -0.3 is 19.1 Å². The first kappa shape index (κ1) is 20.1. The van der Waals surface area contributed by atoms with Crippen molar-refractivity contribution in [2.75, 3.05) is 38.8 Å². The summed E-state index contributed by atoms with van der Waals surface area (Å²) in [5, 5.41) is 0. The normalized spacial score (nSPS) is 18.5.